The highest BCUT2D eigenvalue weighted by atomic mass is 79.9. The van der Waals surface area contributed by atoms with Gasteiger partial charge in [0.25, 0.3) is 0 Å². The summed E-state index contributed by atoms with van der Waals surface area (Å²) in [6.45, 7) is 1.35. The molecule has 0 fully saturated rings. The molecular formula is C14H17BrO4. The van der Waals surface area contributed by atoms with Crippen molar-refractivity contribution in [2.75, 3.05) is 20.3 Å². The Labute approximate surface area is 121 Å². The van der Waals surface area contributed by atoms with Crippen LogP contribution in [-0.2, 0) is 9.53 Å². The van der Waals surface area contributed by atoms with Crippen LogP contribution in [0.2, 0.25) is 0 Å². The van der Waals surface area contributed by atoms with E-state index < -0.39 is 5.97 Å². The van der Waals surface area contributed by atoms with Crippen LogP contribution in [0.5, 0.6) is 5.75 Å². The number of ether oxygens (including phenoxy) is 2. The van der Waals surface area contributed by atoms with Gasteiger partial charge < -0.3 is 14.6 Å². The quantitative estimate of drug-likeness (QED) is 0.587. The van der Waals surface area contributed by atoms with Gasteiger partial charge in [-0.3, -0.25) is 0 Å². The molecule has 1 N–H and O–H groups in total. The molecule has 0 spiro atoms. The largest absolute Gasteiger partial charge is 0.494 e. The van der Waals surface area contributed by atoms with E-state index in [0.717, 1.165) is 41.3 Å². The summed E-state index contributed by atoms with van der Waals surface area (Å²) in [5.74, 6) is -0.247. The van der Waals surface area contributed by atoms with Gasteiger partial charge in [-0.05, 0) is 42.7 Å². The second-order valence-corrected chi connectivity index (χ2v) is 4.76. The zero-order chi connectivity index (χ0) is 14.1. The van der Waals surface area contributed by atoms with Crippen LogP contribution in [0.25, 0.3) is 6.08 Å². The van der Waals surface area contributed by atoms with E-state index in [1.165, 1.54) is 6.08 Å². The van der Waals surface area contributed by atoms with Crippen LogP contribution >= 0.6 is 15.9 Å². The fourth-order valence-electron chi connectivity index (χ4n) is 1.44. The van der Waals surface area contributed by atoms with Gasteiger partial charge >= 0.3 is 5.97 Å². The molecule has 0 bridgehead atoms. The minimum absolute atomic E-state index is 0.618. The molecule has 0 saturated carbocycles. The van der Waals surface area contributed by atoms with E-state index in [9.17, 15) is 4.79 Å². The Bertz CT molecular complexity index is 443. The number of aliphatic carboxylic acids is 1. The van der Waals surface area contributed by atoms with Crippen molar-refractivity contribution >= 4 is 28.0 Å². The molecule has 1 aromatic carbocycles. The van der Waals surface area contributed by atoms with Gasteiger partial charge in [-0.1, -0.05) is 15.9 Å². The van der Waals surface area contributed by atoms with Crippen molar-refractivity contribution in [3.63, 3.8) is 0 Å². The lowest BCUT2D eigenvalue weighted by molar-refractivity contribution is -0.131. The van der Waals surface area contributed by atoms with E-state index in [1.807, 2.05) is 12.1 Å². The number of carboxylic acid groups (broad SMARTS) is 1. The van der Waals surface area contributed by atoms with Crippen LogP contribution in [0.4, 0.5) is 0 Å². The number of carbonyl (C=O) groups is 1. The van der Waals surface area contributed by atoms with Crippen molar-refractivity contribution in [2.24, 2.45) is 0 Å². The molecule has 0 aliphatic rings. The van der Waals surface area contributed by atoms with Crippen LogP contribution in [0, 0.1) is 0 Å². The zero-order valence-corrected chi connectivity index (χ0v) is 12.4. The maximum absolute atomic E-state index is 10.5. The Morgan fingerprint density at radius 3 is 2.79 bits per heavy atom. The van der Waals surface area contributed by atoms with E-state index in [-0.39, 0.29) is 0 Å². The van der Waals surface area contributed by atoms with Crippen molar-refractivity contribution in [3.8, 4) is 5.75 Å². The van der Waals surface area contributed by atoms with Crippen LogP contribution in [0.3, 0.4) is 0 Å². The molecule has 0 aliphatic heterocycles. The number of rotatable bonds is 8. The summed E-state index contributed by atoms with van der Waals surface area (Å²) in [6, 6.07) is 5.49. The molecule has 19 heavy (non-hydrogen) atoms. The molecule has 0 aromatic heterocycles. The number of benzene rings is 1. The number of hydrogen-bond donors (Lipinski definition) is 1. The SMILES string of the molecule is COCCCCOc1ccc(Br)c(/C=C/C(=O)O)c1. The van der Waals surface area contributed by atoms with Gasteiger partial charge in [0.15, 0.2) is 0 Å². The van der Waals surface area contributed by atoms with E-state index in [1.54, 1.807) is 13.2 Å². The first-order valence-corrected chi connectivity index (χ1v) is 6.75. The van der Waals surface area contributed by atoms with Gasteiger partial charge in [0.1, 0.15) is 5.75 Å². The molecule has 1 rings (SSSR count). The summed E-state index contributed by atoms with van der Waals surface area (Å²) in [6.07, 6.45) is 4.51. The van der Waals surface area contributed by atoms with E-state index >= 15 is 0 Å². The topological polar surface area (TPSA) is 55.8 Å². The Hall–Kier alpha value is -1.33. The Balaban J connectivity index is 2.55. The molecule has 0 radical (unpaired) electrons. The van der Waals surface area contributed by atoms with Crippen molar-refractivity contribution in [2.45, 2.75) is 12.8 Å². The molecule has 0 heterocycles. The number of unbranched alkanes of at least 4 members (excludes halogenated alkanes) is 1. The molecule has 0 saturated heterocycles. The second-order valence-electron chi connectivity index (χ2n) is 3.90. The second kappa shape index (κ2) is 8.72. The Kier molecular flexibility index (Phi) is 7.22. The minimum Gasteiger partial charge on any atom is -0.494 e. The highest BCUT2D eigenvalue weighted by Gasteiger charge is 2.01. The molecule has 1 aromatic rings. The maximum atomic E-state index is 10.5. The third-order valence-electron chi connectivity index (χ3n) is 2.38. The van der Waals surface area contributed by atoms with E-state index in [4.69, 9.17) is 14.6 Å². The summed E-state index contributed by atoms with van der Waals surface area (Å²) in [4.78, 5) is 10.5. The predicted molar refractivity (Wildman–Crippen MR) is 77.4 cm³/mol. The van der Waals surface area contributed by atoms with E-state index in [0.29, 0.717) is 6.61 Å². The Morgan fingerprint density at radius 2 is 2.11 bits per heavy atom. The maximum Gasteiger partial charge on any atom is 0.328 e. The average molecular weight is 329 g/mol. The third kappa shape index (κ3) is 6.40. The summed E-state index contributed by atoms with van der Waals surface area (Å²) >= 11 is 3.37. The predicted octanol–water partition coefficient (Wildman–Crippen LogP) is 3.35. The number of halogens is 1. The molecule has 0 aliphatic carbocycles. The van der Waals surface area contributed by atoms with Gasteiger partial charge in [-0.25, -0.2) is 4.79 Å². The van der Waals surface area contributed by atoms with Gasteiger partial charge in [0, 0.05) is 24.3 Å². The summed E-state index contributed by atoms with van der Waals surface area (Å²) in [7, 11) is 1.68. The van der Waals surface area contributed by atoms with Crippen LogP contribution < -0.4 is 4.74 Å². The minimum atomic E-state index is -0.974. The fraction of sp³-hybridized carbons (Fsp3) is 0.357. The van der Waals surface area contributed by atoms with Gasteiger partial charge in [0.2, 0.25) is 0 Å². The third-order valence-corrected chi connectivity index (χ3v) is 3.11. The van der Waals surface area contributed by atoms with Gasteiger partial charge in [-0.15, -0.1) is 0 Å². The highest BCUT2D eigenvalue weighted by molar-refractivity contribution is 9.10. The van der Waals surface area contributed by atoms with E-state index in [2.05, 4.69) is 15.9 Å². The average Bonchev–Trinajstić information content (AvgIpc) is 2.38. The first-order chi connectivity index (χ1) is 9.13. The normalized spacial score (nSPS) is 10.8. The van der Waals surface area contributed by atoms with Crippen molar-refractivity contribution in [1.82, 2.24) is 0 Å². The van der Waals surface area contributed by atoms with Crippen molar-refractivity contribution in [3.05, 3.63) is 34.3 Å². The molecule has 0 unspecified atom stereocenters. The molecule has 0 atom stereocenters. The molecule has 0 amide bonds. The van der Waals surface area contributed by atoms with Crippen molar-refractivity contribution in [1.29, 1.82) is 0 Å². The number of methoxy groups -OCH3 is 1. The molecular weight excluding hydrogens is 312 g/mol. The summed E-state index contributed by atoms with van der Waals surface area (Å²) in [5.41, 5.74) is 0.775. The molecule has 4 nitrogen and oxygen atoms in total. The number of carboxylic acids is 1. The first-order valence-electron chi connectivity index (χ1n) is 5.96. The van der Waals surface area contributed by atoms with Crippen LogP contribution in [-0.4, -0.2) is 31.4 Å². The lowest BCUT2D eigenvalue weighted by atomic mass is 10.2. The first kappa shape index (κ1) is 15.7. The summed E-state index contributed by atoms with van der Waals surface area (Å²) in [5, 5.41) is 8.61. The highest BCUT2D eigenvalue weighted by Crippen LogP contribution is 2.24. The zero-order valence-electron chi connectivity index (χ0n) is 10.8. The monoisotopic (exact) mass is 328 g/mol. The standard InChI is InChI=1S/C14H17BrO4/c1-18-8-2-3-9-19-12-5-6-13(15)11(10-12)4-7-14(16)17/h4-7,10H,2-3,8-9H2,1H3,(H,16,17)/b7-4+. The fourth-order valence-corrected chi connectivity index (χ4v) is 1.82. The lowest BCUT2D eigenvalue weighted by Crippen LogP contribution is -1.99. The van der Waals surface area contributed by atoms with Crippen LogP contribution in [0.15, 0.2) is 28.7 Å². The summed E-state index contributed by atoms with van der Waals surface area (Å²) < 4.78 is 11.4. The Morgan fingerprint density at radius 1 is 1.37 bits per heavy atom. The van der Waals surface area contributed by atoms with Crippen molar-refractivity contribution < 1.29 is 19.4 Å². The van der Waals surface area contributed by atoms with Crippen LogP contribution in [0.1, 0.15) is 18.4 Å². The van der Waals surface area contributed by atoms with Gasteiger partial charge in [0.05, 0.1) is 6.61 Å². The lowest BCUT2D eigenvalue weighted by Gasteiger charge is -2.07. The molecule has 5 heteroatoms. The molecule has 104 valence electrons. The smallest absolute Gasteiger partial charge is 0.328 e. The number of hydrogen-bond acceptors (Lipinski definition) is 3. The van der Waals surface area contributed by atoms with Gasteiger partial charge in [-0.2, -0.15) is 0 Å².